The number of nitrogens with zero attached hydrogens (tertiary/aromatic N) is 2. The molecule has 1 aromatic rings. The molecule has 0 amide bonds. The van der Waals surface area contributed by atoms with Crippen molar-refractivity contribution in [1.29, 1.82) is 0 Å². The van der Waals surface area contributed by atoms with Crippen molar-refractivity contribution in [3.8, 4) is 0 Å². The zero-order chi connectivity index (χ0) is 14.4. The average molecular weight is 296 g/mol. The van der Waals surface area contributed by atoms with Crippen LogP contribution in [0.5, 0.6) is 0 Å². The Labute approximate surface area is 127 Å². The number of nitrogens with one attached hydrogen (secondary N) is 1. The fourth-order valence-electron chi connectivity index (χ4n) is 2.76. The van der Waals surface area contributed by atoms with Crippen LogP contribution in [0.3, 0.4) is 0 Å². The van der Waals surface area contributed by atoms with Crippen molar-refractivity contribution in [1.82, 2.24) is 10.3 Å². The van der Waals surface area contributed by atoms with Crippen molar-refractivity contribution in [3.05, 3.63) is 22.8 Å². The topological polar surface area (TPSA) is 28.2 Å². The molecule has 20 heavy (non-hydrogen) atoms. The lowest BCUT2D eigenvalue weighted by molar-refractivity contribution is 0.608. The van der Waals surface area contributed by atoms with E-state index in [1.165, 1.54) is 25.7 Å². The molecule has 2 rings (SSSR count). The molecule has 1 aliphatic heterocycles. The van der Waals surface area contributed by atoms with E-state index in [1.807, 2.05) is 6.07 Å². The van der Waals surface area contributed by atoms with Crippen LogP contribution in [0.1, 0.15) is 51.6 Å². The van der Waals surface area contributed by atoms with Crippen LogP contribution in [-0.4, -0.2) is 24.1 Å². The van der Waals surface area contributed by atoms with Crippen LogP contribution in [0.2, 0.25) is 5.02 Å². The molecule has 1 unspecified atom stereocenters. The summed E-state index contributed by atoms with van der Waals surface area (Å²) in [5, 5.41) is 4.14. The molecular weight excluding hydrogens is 270 g/mol. The van der Waals surface area contributed by atoms with Gasteiger partial charge in [-0.1, -0.05) is 31.4 Å². The van der Waals surface area contributed by atoms with Gasteiger partial charge in [0.2, 0.25) is 0 Å². The number of rotatable bonds is 5. The second-order valence-electron chi connectivity index (χ2n) is 5.67. The van der Waals surface area contributed by atoms with Crippen molar-refractivity contribution >= 4 is 17.4 Å². The van der Waals surface area contributed by atoms with Gasteiger partial charge in [0.05, 0.1) is 10.7 Å². The quantitative estimate of drug-likeness (QED) is 0.832. The largest absolute Gasteiger partial charge is 0.354 e. The van der Waals surface area contributed by atoms with Crippen LogP contribution in [0.4, 0.5) is 5.82 Å². The molecule has 0 aromatic carbocycles. The molecule has 0 spiro atoms. The zero-order valence-electron chi connectivity index (χ0n) is 12.7. The predicted molar refractivity (Wildman–Crippen MR) is 86.5 cm³/mol. The fourth-order valence-corrected chi connectivity index (χ4v) is 2.93. The maximum atomic E-state index is 6.26. The van der Waals surface area contributed by atoms with E-state index in [4.69, 9.17) is 16.6 Å². The van der Waals surface area contributed by atoms with Crippen LogP contribution < -0.4 is 10.2 Å². The lowest BCUT2D eigenvalue weighted by atomic mass is 10.1. The van der Waals surface area contributed by atoms with Gasteiger partial charge in [0.1, 0.15) is 5.82 Å². The van der Waals surface area contributed by atoms with Gasteiger partial charge in [0, 0.05) is 19.1 Å². The fraction of sp³-hybridized carbons (Fsp3) is 0.688. The zero-order valence-corrected chi connectivity index (χ0v) is 13.4. The van der Waals surface area contributed by atoms with Crippen molar-refractivity contribution in [2.75, 3.05) is 18.0 Å². The Morgan fingerprint density at radius 2 is 2.20 bits per heavy atom. The molecule has 1 fully saturated rings. The maximum Gasteiger partial charge on any atom is 0.129 e. The third-order valence-corrected chi connectivity index (χ3v) is 4.31. The standard InChI is InChI=1S/C16H26ClN3/c1-3-10-18-12-15-14(17)8-9-16(19-15)20-11-6-4-5-7-13(20)2/h8-9,13,18H,3-7,10-12H2,1-2H3. The van der Waals surface area contributed by atoms with Crippen LogP contribution >= 0.6 is 11.6 Å². The molecule has 3 nitrogen and oxygen atoms in total. The minimum Gasteiger partial charge on any atom is -0.354 e. The van der Waals surface area contributed by atoms with E-state index in [9.17, 15) is 0 Å². The third-order valence-electron chi connectivity index (χ3n) is 3.97. The molecule has 2 heterocycles. The summed E-state index contributed by atoms with van der Waals surface area (Å²) in [6.45, 7) is 7.33. The van der Waals surface area contributed by atoms with Gasteiger partial charge in [0.25, 0.3) is 0 Å². The lowest BCUT2D eigenvalue weighted by Gasteiger charge is -2.28. The summed E-state index contributed by atoms with van der Waals surface area (Å²) in [4.78, 5) is 7.23. The molecule has 0 aliphatic carbocycles. The summed E-state index contributed by atoms with van der Waals surface area (Å²) in [6, 6.07) is 4.63. The van der Waals surface area contributed by atoms with Crippen molar-refractivity contribution in [2.24, 2.45) is 0 Å². The molecule has 1 N–H and O–H groups in total. The van der Waals surface area contributed by atoms with Crippen LogP contribution in [0, 0.1) is 0 Å². The number of anilines is 1. The highest BCUT2D eigenvalue weighted by molar-refractivity contribution is 6.31. The molecule has 4 heteroatoms. The smallest absolute Gasteiger partial charge is 0.129 e. The first-order chi connectivity index (χ1) is 9.72. The van der Waals surface area contributed by atoms with Gasteiger partial charge in [-0.15, -0.1) is 0 Å². The summed E-state index contributed by atoms with van der Waals surface area (Å²) in [6.07, 6.45) is 6.31. The molecule has 1 saturated heterocycles. The van der Waals surface area contributed by atoms with Gasteiger partial charge in [-0.05, 0) is 44.9 Å². The Kier molecular flexibility index (Phi) is 6.11. The summed E-state index contributed by atoms with van der Waals surface area (Å²) in [7, 11) is 0. The van der Waals surface area contributed by atoms with Gasteiger partial charge in [-0.2, -0.15) is 0 Å². The van der Waals surface area contributed by atoms with Crippen LogP contribution in [-0.2, 0) is 6.54 Å². The minimum atomic E-state index is 0.572. The van der Waals surface area contributed by atoms with Gasteiger partial charge in [-0.25, -0.2) is 4.98 Å². The average Bonchev–Trinajstić information content (AvgIpc) is 2.66. The Morgan fingerprint density at radius 3 is 3.00 bits per heavy atom. The van der Waals surface area contributed by atoms with Crippen molar-refractivity contribution < 1.29 is 0 Å². The van der Waals surface area contributed by atoms with E-state index in [0.717, 1.165) is 42.6 Å². The highest BCUT2D eigenvalue weighted by atomic mass is 35.5. The Morgan fingerprint density at radius 1 is 1.35 bits per heavy atom. The van der Waals surface area contributed by atoms with Crippen molar-refractivity contribution in [3.63, 3.8) is 0 Å². The molecule has 1 atom stereocenters. The molecule has 1 aromatic heterocycles. The predicted octanol–water partition coefficient (Wildman–Crippen LogP) is 4.00. The molecule has 0 bridgehead atoms. The minimum absolute atomic E-state index is 0.572. The first kappa shape index (κ1) is 15.6. The monoisotopic (exact) mass is 295 g/mol. The highest BCUT2D eigenvalue weighted by Gasteiger charge is 2.19. The second-order valence-corrected chi connectivity index (χ2v) is 6.07. The second kappa shape index (κ2) is 7.84. The third kappa shape index (κ3) is 4.10. The van der Waals surface area contributed by atoms with Crippen molar-refractivity contribution in [2.45, 2.75) is 58.5 Å². The van der Waals surface area contributed by atoms with Gasteiger partial charge in [-0.3, -0.25) is 0 Å². The van der Waals surface area contributed by atoms with E-state index < -0.39 is 0 Å². The SMILES string of the molecule is CCCNCc1nc(N2CCCCCC2C)ccc1Cl. The van der Waals surface area contributed by atoms with E-state index in [1.54, 1.807) is 0 Å². The van der Waals surface area contributed by atoms with Gasteiger partial charge < -0.3 is 10.2 Å². The van der Waals surface area contributed by atoms with Crippen LogP contribution in [0.15, 0.2) is 12.1 Å². The number of hydrogen-bond acceptors (Lipinski definition) is 3. The Bertz CT molecular complexity index is 422. The first-order valence-corrected chi connectivity index (χ1v) is 8.23. The van der Waals surface area contributed by atoms with E-state index in [-0.39, 0.29) is 0 Å². The number of halogens is 1. The molecular formula is C16H26ClN3. The Hall–Kier alpha value is -0.800. The molecule has 112 valence electrons. The molecule has 1 aliphatic rings. The molecule has 0 radical (unpaired) electrons. The summed E-state index contributed by atoms with van der Waals surface area (Å²) >= 11 is 6.26. The highest BCUT2D eigenvalue weighted by Crippen LogP contribution is 2.25. The summed E-state index contributed by atoms with van der Waals surface area (Å²) < 4.78 is 0. The summed E-state index contributed by atoms with van der Waals surface area (Å²) in [5.74, 6) is 1.08. The number of pyridine rings is 1. The van der Waals surface area contributed by atoms with E-state index in [2.05, 4.69) is 30.1 Å². The lowest BCUT2D eigenvalue weighted by Crippen LogP contribution is -2.33. The van der Waals surface area contributed by atoms with E-state index in [0.29, 0.717) is 6.04 Å². The Balaban J connectivity index is 2.12. The van der Waals surface area contributed by atoms with E-state index >= 15 is 0 Å². The first-order valence-electron chi connectivity index (χ1n) is 7.85. The normalized spacial score (nSPS) is 19.9. The maximum absolute atomic E-state index is 6.26. The summed E-state index contributed by atoms with van der Waals surface area (Å²) in [5.41, 5.74) is 0.967. The molecule has 0 saturated carbocycles. The van der Waals surface area contributed by atoms with Gasteiger partial charge >= 0.3 is 0 Å². The number of aromatic nitrogens is 1. The van der Waals surface area contributed by atoms with Crippen LogP contribution in [0.25, 0.3) is 0 Å². The van der Waals surface area contributed by atoms with Gasteiger partial charge in [0.15, 0.2) is 0 Å². The number of hydrogen-bond donors (Lipinski definition) is 1.